The zero-order chi connectivity index (χ0) is 31.5. The minimum Gasteiger partial charge on any atom is -0.427 e. The summed E-state index contributed by atoms with van der Waals surface area (Å²) in [4.78, 5) is 55.4. The van der Waals surface area contributed by atoms with Gasteiger partial charge in [0.2, 0.25) is 0 Å². The number of phosphoric acid groups is 1. The quantitative estimate of drug-likeness (QED) is 0.0332. The van der Waals surface area contributed by atoms with Crippen LogP contribution in [0.3, 0.4) is 0 Å². The maximum Gasteiger partial charge on any atom is 0.472 e. The number of aromatic nitrogens is 3. The molecule has 3 heterocycles. The van der Waals surface area contributed by atoms with Gasteiger partial charge in [-0.3, -0.25) is 28.2 Å². The highest BCUT2D eigenvalue weighted by Crippen LogP contribution is 2.45. The van der Waals surface area contributed by atoms with Crippen LogP contribution in [0.4, 0.5) is 0 Å². The first kappa shape index (κ1) is 33.5. The van der Waals surface area contributed by atoms with Gasteiger partial charge in [-0.05, 0) is 59.5 Å². The fourth-order valence-electron chi connectivity index (χ4n) is 3.99. The first-order chi connectivity index (χ1) is 21.1. The van der Waals surface area contributed by atoms with Gasteiger partial charge < -0.3 is 14.4 Å². The Morgan fingerprint density at radius 3 is 2.80 bits per heavy atom. The molecule has 18 heteroatoms. The van der Waals surface area contributed by atoms with Gasteiger partial charge in [-0.25, -0.2) is 14.3 Å². The standard InChI is InChI=1S/C26H29N6O9PS2/c1-17-14-32(26(35)29-25(17)34)23-13-20(30-31-27)21(41-23)16-39-42(36,37)38-15-18-7-9-19(10-8-18)40-24(33)6-4-12-43-44-22-5-2-3-11-28-22/h2-3,5,7-11,14,20-21,23H,4,6,12-13,15-16H2,1H3,(H,36,37)(H,29,34,35). The number of benzene rings is 1. The number of ether oxygens (including phenoxy) is 2. The number of hydrogen-bond donors (Lipinski definition) is 2. The second kappa shape index (κ2) is 16.1. The van der Waals surface area contributed by atoms with Crippen molar-refractivity contribution in [1.29, 1.82) is 0 Å². The molecule has 1 aliphatic heterocycles. The number of aryl methyl sites for hydroxylation is 1. The van der Waals surface area contributed by atoms with Crippen LogP contribution in [0.5, 0.6) is 5.75 Å². The maximum absolute atomic E-state index is 12.5. The molecular formula is C26H29N6O9PS2. The zero-order valence-corrected chi connectivity index (χ0v) is 25.9. The van der Waals surface area contributed by atoms with Crippen molar-refractivity contribution in [3.8, 4) is 5.75 Å². The van der Waals surface area contributed by atoms with Crippen molar-refractivity contribution in [1.82, 2.24) is 14.5 Å². The number of phosphoric ester groups is 1. The number of nitrogens with zero attached hydrogens (tertiary/aromatic N) is 5. The van der Waals surface area contributed by atoms with E-state index in [2.05, 4.69) is 20.0 Å². The van der Waals surface area contributed by atoms with Crippen LogP contribution in [0, 0.1) is 6.92 Å². The molecule has 234 valence electrons. The molecule has 3 aromatic rings. The number of nitrogens with one attached hydrogen (secondary N) is 1. The van der Waals surface area contributed by atoms with E-state index in [0.29, 0.717) is 17.7 Å². The fraction of sp³-hybridized carbons (Fsp3) is 0.385. The lowest BCUT2D eigenvalue weighted by Crippen LogP contribution is -2.33. The van der Waals surface area contributed by atoms with E-state index in [0.717, 1.165) is 15.3 Å². The predicted octanol–water partition coefficient (Wildman–Crippen LogP) is 4.67. The Morgan fingerprint density at radius 2 is 2.07 bits per heavy atom. The number of hydrogen-bond acceptors (Lipinski definition) is 12. The first-order valence-electron chi connectivity index (χ1n) is 13.3. The second-order valence-electron chi connectivity index (χ2n) is 9.45. The summed E-state index contributed by atoms with van der Waals surface area (Å²) < 4.78 is 34.9. The van der Waals surface area contributed by atoms with E-state index in [-0.39, 0.29) is 31.0 Å². The number of carbonyl (C=O) groups is 1. The highest BCUT2D eigenvalue weighted by Gasteiger charge is 2.38. The van der Waals surface area contributed by atoms with E-state index in [1.54, 1.807) is 52.1 Å². The average molecular weight is 665 g/mol. The minimum absolute atomic E-state index is 0.0704. The lowest BCUT2D eigenvalue weighted by atomic mass is 10.1. The SMILES string of the molecule is Cc1cn(C2CC(N=[N+]=[N-])C(COP(=O)(O)OCc3ccc(OC(=O)CCCSSc4ccccn4)cc3)O2)c(=O)[nH]c1=O. The molecule has 1 aromatic carbocycles. The van der Waals surface area contributed by atoms with E-state index >= 15 is 0 Å². The number of esters is 1. The van der Waals surface area contributed by atoms with Crippen LogP contribution in [0.2, 0.25) is 0 Å². The first-order valence-corrected chi connectivity index (χ1v) is 17.1. The van der Waals surface area contributed by atoms with Crippen LogP contribution < -0.4 is 16.0 Å². The number of pyridine rings is 1. The molecule has 4 rings (SSSR count). The molecule has 0 saturated carbocycles. The zero-order valence-electron chi connectivity index (χ0n) is 23.4. The van der Waals surface area contributed by atoms with E-state index in [9.17, 15) is 23.8 Å². The molecule has 4 atom stereocenters. The van der Waals surface area contributed by atoms with Crippen LogP contribution in [0.1, 0.15) is 36.6 Å². The van der Waals surface area contributed by atoms with Crippen molar-refractivity contribution >= 4 is 35.4 Å². The lowest BCUT2D eigenvalue weighted by Gasteiger charge is -2.18. The van der Waals surface area contributed by atoms with E-state index in [4.69, 9.17) is 24.1 Å². The Hall–Kier alpha value is -3.40. The van der Waals surface area contributed by atoms with Gasteiger partial charge in [0, 0.05) is 41.5 Å². The van der Waals surface area contributed by atoms with Crippen LogP contribution in [0.15, 0.2) is 74.6 Å². The number of azide groups is 1. The lowest BCUT2D eigenvalue weighted by molar-refractivity contribution is -0.134. The summed E-state index contributed by atoms with van der Waals surface area (Å²) in [6, 6.07) is 11.1. The van der Waals surface area contributed by atoms with Gasteiger partial charge in [-0.1, -0.05) is 34.1 Å². The molecule has 2 N–H and O–H groups in total. The number of rotatable bonds is 15. The van der Waals surface area contributed by atoms with E-state index < -0.39 is 44.1 Å². The third-order valence-electron chi connectivity index (χ3n) is 6.20. The minimum atomic E-state index is -4.57. The molecule has 0 aliphatic carbocycles. The number of carbonyl (C=O) groups excluding carboxylic acids is 1. The Kier molecular flexibility index (Phi) is 12.2. The number of aromatic amines is 1. The molecule has 1 fully saturated rings. The average Bonchev–Trinajstić information content (AvgIpc) is 3.40. The summed E-state index contributed by atoms with van der Waals surface area (Å²) in [6.07, 6.45) is 2.14. The van der Waals surface area contributed by atoms with Crippen molar-refractivity contribution in [3.05, 3.63) is 97.3 Å². The molecule has 0 amide bonds. The van der Waals surface area contributed by atoms with Gasteiger partial charge in [0.05, 0.1) is 25.4 Å². The second-order valence-corrected chi connectivity index (χ2v) is 13.3. The summed E-state index contributed by atoms with van der Waals surface area (Å²) in [5.74, 6) is 0.706. The largest absolute Gasteiger partial charge is 0.472 e. The highest BCUT2D eigenvalue weighted by atomic mass is 33.1. The summed E-state index contributed by atoms with van der Waals surface area (Å²) >= 11 is 0. The monoisotopic (exact) mass is 664 g/mol. The molecule has 1 saturated heterocycles. The Balaban J connectivity index is 1.20. The molecule has 15 nitrogen and oxygen atoms in total. The van der Waals surface area contributed by atoms with Crippen LogP contribution in [-0.2, 0) is 29.8 Å². The summed E-state index contributed by atoms with van der Waals surface area (Å²) in [7, 11) is -1.41. The Labute approximate surface area is 258 Å². The van der Waals surface area contributed by atoms with Crippen molar-refractivity contribution < 1.29 is 32.8 Å². The van der Waals surface area contributed by atoms with Gasteiger partial charge in [0.15, 0.2) is 0 Å². The molecule has 4 unspecified atom stereocenters. The van der Waals surface area contributed by atoms with Crippen molar-refractivity contribution in [2.75, 3.05) is 12.4 Å². The van der Waals surface area contributed by atoms with Crippen molar-refractivity contribution in [2.45, 2.75) is 56.2 Å². The Morgan fingerprint density at radius 1 is 1.27 bits per heavy atom. The van der Waals surface area contributed by atoms with Gasteiger partial charge >= 0.3 is 19.5 Å². The van der Waals surface area contributed by atoms with Crippen LogP contribution in [-0.4, -0.2) is 49.9 Å². The molecule has 0 bridgehead atoms. The van der Waals surface area contributed by atoms with Gasteiger partial charge in [-0.15, -0.1) is 0 Å². The normalized spacial score (nSPS) is 19.2. The molecule has 0 spiro atoms. The predicted molar refractivity (Wildman–Crippen MR) is 162 cm³/mol. The summed E-state index contributed by atoms with van der Waals surface area (Å²) in [5, 5.41) is 4.55. The molecule has 1 aliphatic rings. The smallest absolute Gasteiger partial charge is 0.427 e. The summed E-state index contributed by atoms with van der Waals surface area (Å²) in [6.45, 7) is 0.759. The molecule has 2 aromatic heterocycles. The molecule has 0 radical (unpaired) electrons. The highest BCUT2D eigenvalue weighted by molar-refractivity contribution is 8.76. The van der Waals surface area contributed by atoms with E-state index in [1.807, 2.05) is 18.2 Å². The number of H-pyrrole nitrogens is 1. The van der Waals surface area contributed by atoms with Gasteiger partial charge in [0.1, 0.15) is 17.0 Å². The van der Waals surface area contributed by atoms with Gasteiger partial charge in [-0.2, -0.15) is 0 Å². The third-order valence-corrected chi connectivity index (χ3v) is 9.48. The van der Waals surface area contributed by atoms with E-state index in [1.165, 1.54) is 13.1 Å². The van der Waals surface area contributed by atoms with Crippen LogP contribution >= 0.6 is 29.4 Å². The maximum atomic E-state index is 12.5. The van der Waals surface area contributed by atoms with Crippen LogP contribution in [0.25, 0.3) is 10.4 Å². The third kappa shape index (κ3) is 10.1. The molecular weight excluding hydrogens is 635 g/mol. The Bertz CT molecular complexity index is 1630. The summed E-state index contributed by atoms with van der Waals surface area (Å²) in [5.41, 5.74) is 8.46. The topological polar surface area (TPSA) is 208 Å². The van der Waals surface area contributed by atoms with Gasteiger partial charge in [0.25, 0.3) is 5.56 Å². The van der Waals surface area contributed by atoms with Crippen molar-refractivity contribution in [3.63, 3.8) is 0 Å². The van der Waals surface area contributed by atoms with Crippen molar-refractivity contribution in [2.24, 2.45) is 5.11 Å². The fourth-order valence-corrected chi connectivity index (χ4v) is 6.68. The molecule has 44 heavy (non-hydrogen) atoms.